The number of carbonyl (C=O) groups is 1. The predicted octanol–water partition coefficient (Wildman–Crippen LogP) is 3.72. The van der Waals surface area contributed by atoms with Crippen LogP contribution in [0.3, 0.4) is 0 Å². The van der Waals surface area contributed by atoms with E-state index in [9.17, 15) is 4.79 Å². The number of fused-ring (bicyclic) bond motifs is 1. The summed E-state index contributed by atoms with van der Waals surface area (Å²) in [6.45, 7) is 4.33. The zero-order valence-corrected chi connectivity index (χ0v) is 15.3. The summed E-state index contributed by atoms with van der Waals surface area (Å²) in [5.41, 5.74) is 5.25. The molecule has 1 N–H and O–H groups in total. The highest BCUT2D eigenvalue weighted by Gasteiger charge is 2.21. The Labute approximate surface area is 154 Å². The molecule has 1 atom stereocenters. The smallest absolute Gasteiger partial charge is 0.251 e. The lowest BCUT2D eigenvalue weighted by molar-refractivity contribution is 0.0948. The number of hydrogen-bond donors (Lipinski definition) is 1. The lowest BCUT2D eigenvalue weighted by Gasteiger charge is -2.18. The molecule has 0 bridgehead atoms. The summed E-state index contributed by atoms with van der Waals surface area (Å²) in [5, 5.41) is 7.55. The molecule has 0 radical (unpaired) electrons. The Morgan fingerprint density at radius 3 is 2.92 bits per heavy atom. The van der Waals surface area contributed by atoms with Crippen molar-refractivity contribution in [1.82, 2.24) is 20.1 Å². The molecule has 0 saturated heterocycles. The predicted molar refractivity (Wildman–Crippen MR) is 101 cm³/mol. The summed E-state index contributed by atoms with van der Waals surface area (Å²) < 4.78 is 8.47. The van der Waals surface area contributed by atoms with Gasteiger partial charge in [-0.25, -0.2) is 4.98 Å². The van der Waals surface area contributed by atoms with Gasteiger partial charge >= 0.3 is 0 Å². The number of benzene rings is 1. The molecule has 0 spiro atoms. The monoisotopic (exact) mass is 366 g/mol. The van der Waals surface area contributed by atoms with Crippen LogP contribution in [0.4, 0.5) is 0 Å². The van der Waals surface area contributed by atoms with E-state index in [1.54, 1.807) is 17.8 Å². The SMILES string of the molecule is Cc1cc(C)n([C@H](CNC(=O)c2ccc3ncsc3c2)c2ccco2)n1. The van der Waals surface area contributed by atoms with Gasteiger partial charge in [0.1, 0.15) is 11.8 Å². The molecule has 26 heavy (non-hydrogen) atoms. The van der Waals surface area contributed by atoms with Gasteiger partial charge in [-0.15, -0.1) is 11.3 Å². The van der Waals surface area contributed by atoms with Crippen molar-refractivity contribution in [2.45, 2.75) is 19.9 Å². The highest BCUT2D eigenvalue weighted by atomic mass is 32.1. The number of carbonyl (C=O) groups excluding carboxylic acids is 1. The topological polar surface area (TPSA) is 73.0 Å². The van der Waals surface area contributed by atoms with E-state index in [0.29, 0.717) is 12.1 Å². The normalized spacial score (nSPS) is 12.4. The van der Waals surface area contributed by atoms with Crippen LogP contribution in [0.5, 0.6) is 0 Å². The Kier molecular flexibility index (Phi) is 4.30. The van der Waals surface area contributed by atoms with Gasteiger partial charge in [0.2, 0.25) is 0 Å². The minimum Gasteiger partial charge on any atom is -0.467 e. The summed E-state index contributed by atoms with van der Waals surface area (Å²) in [4.78, 5) is 16.9. The molecule has 4 aromatic rings. The van der Waals surface area contributed by atoms with E-state index in [0.717, 1.165) is 27.4 Å². The molecule has 0 aliphatic carbocycles. The van der Waals surface area contributed by atoms with Crippen LogP contribution < -0.4 is 5.32 Å². The van der Waals surface area contributed by atoms with Gasteiger partial charge in [-0.1, -0.05) is 0 Å². The van der Waals surface area contributed by atoms with E-state index in [1.807, 2.05) is 48.9 Å². The van der Waals surface area contributed by atoms with Gasteiger partial charge < -0.3 is 9.73 Å². The van der Waals surface area contributed by atoms with Crippen LogP contribution >= 0.6 is 11.3 Å². The van der Waals surface area contributed by atoms with Crippen molar-refractivity contribution in [3.63, 3.8) is 0 Å². The van der Waals surface area contributed by atoms with E-state index >= 15 is 0 Å². The van der Waals surface area contributed by atoms with Crippen LogP contribution in [0.25, 0.3) is 10.2 Å². The van der Waals surface area contributed by atoms with Crippen molar-refractivity contribution in [2.24, 2.45) is 0 Å². The second-order valence-corrected chi connectivity index (χ2v) is 7.03. The van der Waals surface area contributed by atoms with Crippen LogP contribution in [-0.2, 0) is 0 Å². The molecule has 0 saturated carbocycles. The molecule has 0 aliphatic heterocycles. The average Bonchev–Trinajstić information content (AvgIpc) is 3.36. The third kappa shape index (κ3) is 3.13. The van der Waals surface area contributed by atoms with Gasteiger partial charge in [0.05, 0.1) is 27.7 Å². The summed E-state index contributed by atoms with van der Waals surface area (Å²) in [6.07, 6.45) is 1.63. The number of thiazole rings is 1. The fourth-order valence-corrected chi connectivity index (χ4v) is 3.75. The number of furan rings is 1. The van der Waals surface area contributed by atoms with Crippen molar-refractivity contribution in [1.29, 1.82) is 0 Å². The maximum absolute atomic E-state index is 12.6. The number of nitrogens with one attached hydrogen (secondary N) is 1. The molecular formula is C19H18N4O2S. The Morgan fingerprint density at radius 2 is 2.19 bits per heavy atom. The zero-order chi connectivity index (χ0) is 18.1. The minimum absolute atomic E-state index is 0.126. The number of hydrogen-bond acceptors (Lipinski definition) is 5. The van der Waals surface area contributed by atoms with Gasteiger partial charge in [0.25, 0.3) is 5.91 Å². The summed E-state index contributed by atoms with van der Waals surface area (Å²) in [5.74, 6) is 0.632. The molecule has 3 heterocycles. The van der Waals surface area contributed by atoms with E-state index in [4.69, 9.17) is 4.42 Å². The van der Waals surface area contributed by atoms with E-state index in [1.165, 1.54) is 11.3 Å². The Bertz CT molecular complexity index is 1050. The molecule has 6 nitrogen and oxygen atoms in total. The number of aromatic nitrogens is 3. The lowest BCUT2D eigenvalue weighted by Crippen LogP contribution is -2.32. The summed E-state index contributed by atoms with van der Waals surface area (Å²) in [7, 11) is 0. The first kappa shape index (κ1) is 16.5. The molecule has 1 aromatic carbocycles. The van der Waals surface area contributed by atoms with Crippen LogP contribution in [0, 0.1) is 13.8 Å². The third-order valence-electron chi connectivity index (χ3n) is 4.26. The first-order valence-corrected chi connectivity index (χ1v) is 9.17. The molecule has 0 aliphatic rings. The Balaban J connectivity index is 1.56. The van der Waals surface area contributed by atoms with Gasteiger partial charge in [0, 0.05) is 17.8 Å². The van der Waals surface area contributed by atoms with Crippen molar-refractivity contribution in [3.8, 4) is 0 Å². The first-order chi connectivity index (χ1) is 12.6. The second kappa shape index (κ2) is 6.76. The lowest BCUT2D eigenvalue weighted by atomic mass is 10.1. The zero-order valence-electron chi connectivity index (χ0n) is 14.5. The number of rotatable bonds is 5. The van der Waals surface area contributed by atoms with Gasteiger partial charge in [-0.3, -0.25) is 9.48 Å². The molecule has 1 amide bonds. The van der Waals surface area contributed by atoms with Crippen LogP contribution in [0.1, 0.15) is 33.5 Å². The van der Waals surface area contributed by atoms with Crippen molar-refractivity contribution in [2.75, 3.05) is 6.54 Å². The van der Waals surface area contributed by atoms with Gasteiger partial charge in [-0.05, 0) is 50.2 Å². The standard InChI is InChI=1S/C19H18N4O2S/c1-12-8-13(2)23(22-12)16(17-4-3-7-25-17)10-20-19(24)14-5-6-15-18(9-14)26-11-21-15/h3-9,11,16H,10H2,1-2H3,(H,20,24)/t16-/m1/s1. The number of amides is 1. The van der Waals surface area contributed by atoms with Crippen LogP contribution in [0.15, 0.2) is 52.6 Å². The Morgan fingerprint density at radius 1 is 1.31 bits per heavy atom. The molecule has 0 unspecified atom stereocenters. The molecule has 7 heteroatoms. The fourth-order valence-electron chi connectivity index (χ4n) is 3.04. The quantitative estimate of drug-likeness (QED) is 0.584. The largest absolute Gasteiger partial charge is 0.467 e. The highest BCUT2D eigenvalue weighted by Crippen LogP contribution is 2.21. The highest BCUT2D eigenvalue weighted by molar-refractivity contribution is 7.16. The summed E-state index contributed by atoms with van der Waals surface area (Å²) in [6, 6.07) is 11.1. The molecule has 3 aromatic heterocycles. The maximum Gasteiger partial charge on any atom is 0.251 e. The first-order valence-electron chi connectivity index (χ1n) is 8.29. The van der Waals surface area contributed by atoms with Crippen LogP contribution in [-0.4, -0.2) is 27.2 Å². The van der Waals surface area contributed by atoms with E-state index < -0.39 is 0 Å². The van der Waals surface area contributed by atoms with Gasteiger partial charge in [0.15, 0.2) is 0 Å². The second-order valence-electron chi connectivity index (χ2n) is 6.15. The third-order valence-corrected chi connectivity index (χ3v) is 5.05. The maximum atomic E-state index is 12.6. The Hall–Kier alpha value is -2.93. The van der Waals surface area contributed by atoms with Gasteiger partial charge in [-0.2, -0.15) is 5.10 Å². The van der Waals surface area contributed by atoms with E-state index in [-0.39, 0.29) is 11.9 Å². The van der Waals surface area contributed by atoms with Crippen molar-refractivity contribution >= 4 is 27.5 Å². The molecule has 4 rings (SSSR count). The minimum atomic E-state index is -0.199. The van der Waals surface area contributed by atoms with Crippen LogP contribution in [0.2, 0.25) is 0 Å². The number of nitrogens with zero attached hydrogens (tertiary/aromatic N) is 3. The average molecular weight is 366 g/mol. The van der Waals surface area contributed by atoms with E-state index in [2.05, 4.69) is 15.4 Å². The molecule has 132 valence electrons. The fraction of sp³-hybridized carbons (Fsp3) is 0.211. The summed E-state index contributed by atoms with van der Waals surface area (Å²) >= 11 is 1.52. The molecular weight excluding hydrogens is 348 g/mol. The molecule has 0 fully saturated rings. The number of aryl methyl sites for hydroxylation is 2. The van der Waals surface area contributed by atoms with Crippen molar-refractivity contribution in [3.05, 3.63) is 70.9 Å². The van der Waals surface area contributed by atoms with Crippen molar-refractivity contribution < 1.29 is 9.21 Å².